The standard InChI is InChI=1S/C23H26N4O/c1-3-5-15-27(4-2)23(28)19-11-13-20(14-12-19)26-22-16-21(24-17-25-22)18-9-7-6-8-10-18/h6-14,16-17H,3-5,15H2,1-2H3,(H,24,25,26). The molecule has 1 heterocycles. The topological polar surface area (TPSA) is 58.1 Å². The molecule has 1 amide bonds. The van der Waals surface area contributed by atoms with Crippen molar-refractivity contribution in [2.45, 2.75) is 26.7 Å². The maximum Gasteiger partial charge on any atom is 0.253 e. The number of hydrogen-bond donors (Lipinski definition) is 1. The highest BCUT2D eigenvalue weighted by atomic mass is 16.2. The van der Waals surface area contributed by atoms with E-state index in [9.17, 15) is 4.79 Å². The van der Waals surface area contributed by atoms with Gasteiger partial charge in [0.05, 0.1) is 5.69 Å². The number of benzene rings is 2. The lowest BCUT2D eigenvalue weighted by Gasteiger charge is -2.20. The smallest absolute Gasteiger partial charge is 0.253 e. The first-order valence-electron chi connectivity index (χ1n) is 9.75. The molecule has 3 rings (SSSR count). The molecular formula is C23H26N4O. The van der Waals surface area contributed by atoms with E-state index in [0.29, 0.717) is 11.4 Å². The Labute approximate surface area is 166 Å². The highest BCUT2D eigenvalue weighted by Crippen LogP contribution is 2.21. The number of amides is 1. The molecule has 1 aromatic heterocycles. The van der Waals surface area contributed by atoms with Gasteiger partial charge in [0.2, 0.25) is 0 Å². The van der Waals surface area contributed by atoms with Crippen molar-refractivity contribution in [3.8, 4) is 11.3 Å². The summed E-state index contributed by atoms with van der Waals surface area (Å²) in [6, 6.07) is 19.4. The van der Waals surface area contributed by atoms with Crippen molar-refractivity contribution in [2.75, 3.05) is 18.4 Å². The van der Waals surface area contributed by atoms with Crippen molar-refractivity contribution >= 4 is 17.4 Å². The van der Waals surface area contributed by atoms with Crippen LogP contribution in [0.15, 0.2) is 67.0 Å². The van der Waals surface area contributed by atoms with Crippen LogP contribution in [0.5, 0.6) is 0 Å². The van der Waals surface area contributed by atoms with E-state index in [1.807, 2.05) is 72.5 Å². The molecule has 3 aromatic rings. The molecule has 0 aliphatic carbocycles. The monoisotopic (exact) mass is 374 g/mol. The minimum atomic E-state index is 0.0795. The van der Waals surface area contributed by atoms with Crippen molar-refractivity contribution in [1.29, 1.82) is 0 Å². The Balaban J connectivity index is 1.70. The SMILES string of the molecule is CCCCN(CC)C(=O)c1ccc(Nc2cc(-c3ccccc3)ncn2)cc1. The summed E-state index contributed by atoms with van der Waals surface area (Å²) in [6.07, 6.45) is 3.66. The average molecular weight is 374 g/mol. The van der Waals surface area contributed by atoms with Crippen molar-refractivity contribution < 1.29 is 4.79 Å². The van der Waals surface area contributed by atoms with E-state index in [2.05, 4.69) is 22.2 Å². The predicted molar refractivity (Wildman–Crippen MR) is 114 cm³/mol. The zero-order valence-corrected chi connectivity index (χ0v) is 16.4. The number of hydrogen-bond acceptors (Lipinski definition) is 4. The van der Waals surface area contributed by atoms with Gasteiger partial charge in [0.15, 0.2) is 0 Å². The quantitative estimate of drug-likeness (QED) is 0.592. The molecule has 0 aliphatic heterocycles. The molecule has 0 radical (unpaired) electrons. The molecular weight excluding hydrogens is 348 g/mol. The van der Waals surface area contributed by atoms with Gasteiger partial charge in [-0.1, -0.05) is 43.7 Å². The van der Waals surface area contributed by atoms with Gasteiger partial charge in [-0.25, -0.2) is 9.97 Å². The van der Waals surface area contributed by atoms with Crippen molar-refractivity contribution in [1.82, 2.24) is 14.9 Å². The molecule has 0 spiro atoms. The largest absolute Gasteiger partial charge is 0.340 e. The number of carbonyl (C=O) groups is 1. The van der Waals surface area contributed by atoms with Crippen LogP contribution >= 0.6 is 0 Å². The highest BCUT2D eigenvalue weighted by Gasteiger charge is 2.13. The summed E-state index contributed by atoms with van der Waals surface area (Å²) in [5, 5.41) is 3.28. The van der Waals surface area contributed by atoms with Crippen LogP contribution in [0.1, 0.15) is 37.0 Å². The Morgan fingerprint density at radius 3 is 2.43 bits per heavy atom. The third kappa shape index (κ3) is 4.94. The number of anilines is 2. The average Bonchev–Trinajstić information content (AvgIpc) is 2.75. The molecule has 0 saturated heterocycles. The van der Waals surface area contributed by atoms with Gasteiger partial charge in [-0.15, -0.1) is 0 Å². The Morgan fingerprint density at radius 1 is 1.00 bits per heavy atom. The molecule has 28 heavy (non-hydrogen) atoms. The van der Waals surface area contributed by atoms with Crippen LogP contribution in [-0.4, -0.2) is 33.9 Å². The molecule has 5 nitrogen and oxygen atoms in total. The molecule has 0 bridgehead atoms. The fourth-order valence-electron chi connectivity index (χ4n) is 2.97. The first-order valence-corrected chi connectivity index (χ1v) is 9.75. The van der Waals surface area contributed by atoms with Crippen LogP contribution in [0.2, 0.25) is 0 Å². The summed E-state index contributed by atoms with van der Waals surface area (Å²) < 4.78 is 0. The zero-order valence-electron chi connectivity index (χ0n) is 16.4. The highest BCUT2D eigenvalue weighted by molar-refractivity contribution is 5.94. The van der Waals surface area contributed by atoms with Gasteiger partial charge in [0.1, 0.15) is 12.1 Å². The lowest BCUT2D eigenvalue weighted by atomic mass is 10.1. The second kappa shape index (κ2) is 9.65. The maximum absolute atomic E-state index is 12.6. The summed E-state index contributed by atoms with van der Waals surface area (Å²) in [5.41, 5.74) is 3.49. The summed E-state index contributed by atoms with van der Waals surface area (Å²) >= 11 is 0. The molecule has 0 fully saturated rings. The zero-order chi connectivity index (χ0) is 19.8. The van der Waals surface area contributed by atoms with Crippen LogP contribution < -0.4 is 5.32 Å². The third-order valence-corrected chi connectivity index (χ3v) is 4.59. The number of aromatic nitrogens is 2. The minimum absolute atomic E-state index is 0.0795. The normalized spacial score (nSPS) is 10.5. The van der Waals surface area contributed by atoms with E-state index in [4.69, 9.17) is 0 Å². The van der Waals surface area contributed by atoms with Gasteiger partial charge in [-0.2, -0.15) is 0 Å². The Morgan fingerprint density at radius 2 is 1.75 bits per heavy atom. The second-order valence-corrected chi connectivity index (χ2v) is 6.60. The summed E-state index contributed by atoms with van der Waals surface area (Å²) in [7, 11) is 0. The molecule has 0 aliphatic rings. The van der Waals surface area contributed by atoms with Crippen molar-refractivity contribution in [2.24, 2.45) is 0 Å². The van der Waals surface area contributed by atoms with Crippen LogP contribution in [-0.2, 0) is 0 Å². The number of carbonyl (C=O) groups excluding carboxylic acids is 1. The number of unbranched alkanes of at least 4 members (excludes halogenated alkanes) is 1. The van der Waals surface area contributed by atoms with E-state index in [-0.39, 0.29) is 5.91 Å². The maximum atomic E-state index is 12.6. The molecule has 5 heteroatoms. The predicted octanol–water partition coefficient (Wildman–Crippen LogP) is 5.15. The van der Waals surface area contributed by atoms with Gasteiger partial charge < -0.3 is 10.2 Å². The lowest BCUT2D eigenvalue weighted by Crippen LogP contribution is -2.31. The van der Waals surface area contributed by atoms with E-state index >= 15 is 0 Å². The van der Waals surface area contributed by atoms with E-state index < -0.39 is 0 Å². The van der Waals surface area contributed by atoms with Gasteiger partial charge in [0.25, 0.3) is 5.91 Å². The lowest BCUT2D eigenvalue weighted by molar-refractivity contribution is 0.0762. The number of nitrogens with zero attached hydrogens (tertiary/aromatic N) is 3. The summed E-state index contributed by atoms with van der Waals surface area (Å²) in [5.74, 6) is 0.793. The Bertz CT molecular complexity index is 894. The fourth-order valence-corrected chi connectivity index (χ4v) is 2.97. The first kappa shape index (κ1) is 19.5. The van der Waals surface area contributed by atoms with Gasteiger partial charge in [0, 0.05) is 36.0 Å². The van der Waals surface area contributed by atoms with Crippen LogP contribution in [0.25, 0.3) is 11.3 Å². The molecule has 1 N–H and O–H groups in total. The van der Waals surface area contributed by atoms with Gasteiger partial charge >= 0.3 is 0 Å². The molecule has 0 saturated carbocycles. The van der Waals surface area contributed by atoms with Gasteiger partial charge in [-0.3, -0.25) is 4.79 Å². The minimum Gasteiger partial charge on any atom is -0.340 e. The van der Waals surface area contributed by atoms with E-state index in [1.165, 1.54) is 0 Å². The Hall–Kier alpha value is -3.21. The van der Waals surface area contributed by atoms with Crippen LogP contribution in [0.3, 0.4) is 0 Å². The van der Waals surface area contributed by atoms with Crippen molar-refractivity contribution in [3.63, 3.8) is 0 Å². The van der Waals surface area contributed by atoms with Crippen molar-refractivity contribution in [3.05, 3.63) is 72.6 Å². The third-order valence-electron chi connectivity index (χ3n) is 4.59. The van der Waals surface area contributed by atoms with Gasteiger partial charge in [-0.05, 0) is 37.6 Å². The first-order chi connectivity index (χ1) is 13.7. The second-order valence-electron chi connectivity index (χ2n) is 6.60. The molecule has 0 unspecified atom stereocenters. The number of rotatable bonds is 8. The van der Waals surface area contributed by atoms with E-state index in [1.54, 1.807) is 6.33 Å². The fraction of sp³-hybridized carbons (Fsp3) is 0.261. The molecule has 2 aromatic carbocycles. The summed E-state index contributed by atoms with van der Waals surface area (Å²) in [6.45, 7) is 5.68. The number of nitrogens with one attached hydrogen (secondary N) is 1. The van der Waals surface area contributed by atoms with E-state index in [0.717, 1.165) is 42.9 Å². The molecule has 144 valence electrons. The van der Waals surface area contributed by atoms with Crippen LogP contribution in [0, 0.1) is 0 Å². The molecule has 0 atom stereocenters. The summed E-state index contributed by atoms with van der Waals surface area (Å²) in [4.78, 5) is 23.2. The van der Waals surface area contributed by atoms with Crippen LogP contribution in [0.4, 0.5) is 11.5 Å². The Kier molecular flexibility index (Phi) is 6.73.